The van der Waals surface area contributed by atoms with Gasteiger partial charge in [-0.1, -0.05) is 57.4 Å². The fourth-order valence-electron chi connectivity index (χ4n) is 4.14. The third-order valence-electron chi connectivity index (χ3n) is 5.81. The molecule has 1 aromatic heterocycles. The molecule has 1 aliphatic rings. The maximum absolute atomic E-state index is 12.6. The topological polar surface area (TPSA) is 62.6 Å². The Bertz CT molecular complexity index is 790. The van der Waals surface area contributed by atoms with E-state index in [0.717, 1.165) is 5.56 Å². The molecule has 0 saturated heterocycles. The number of hydrogen-bond donors (Lipinski definition) is 1. The Morgan fingerprint density at radius 2 is 1.79 bits per heavy atom. The van der Waals surface area contributed by atoms with Crippen LogP contribution in [0.3, 0.4) is 0 Å². The molecule has 2 aromatic rings. The molecule has 0 radical (unpaired) electrons. The molecule has 0 aliphatic heterocycles. The molecular formula is C24H32N2O3. The van der Waals surface area contributed by atoms with Crippen LogP contribution in [0.25, 0.3) is 0 Å². The van der Waals surface area contributed by atoms with Crippen LogP contribution in [0.2, 0.25) is 0 Å². The average molecular weight is 397 g/mol. The Kier molecular flexibility index (Phi) is 7.13. The largest absolute Gasteiger partial charge is 0.459 e. The maximum atomic E-state index is 12.6. The van der Waals surface area contributed by atoms with Gasteiger partial charge < -0.3 is 14.6 Å². The lowest BCUT2D eigenvalue weighted by Crippen LogP contribution is -2.41. The maximum Gasteiger partial charge on any atom is 0.289 e. The first-order valence-electron chi connectivity index (χ1n) is 10.6. The van der Waals surface area contributed by atoms with Crippen LogP contribution in [0.1, 0.15) is 79.6 Å². The van der Waals surface area contributed by atoms with E-state index < -0.39 is 0 Å². The van der Waals surface area contributed by atoms with E-state index in [1.807, 2.05) is 0 Å². The first kappa shape index (κ1) is 21.2. The van der Waals surface area contributed by atoms with Crippen molar-refractivity contribution in [3.63, 3.8) is 0 Å². The van der Waals surface area contributed by atoms with Crippen molar-refractivity contribution in [1.29, 1.82) is 0 Å². The second-order valence-electron chi connectivity index (χ2n) is 8.43. The molecule has 29 heavy (non-hydrogen) atoms. The second kappa shape index (κ2) is 9.77. The zero-order chi connectivity index (χ0) is 20.8. The summed E-state index contributed by atoms with van der Waals surface area (Å²) in [6.07, 6.45) is 8.00. The number of hydrogen-bond acceptors (Lipinski definition) is 3. The summed E-state index contributed by atoms with van der Waals surface area (Å²) in [7, 11) is 1.60. The van der Waals surface area contributed by atoms with Gasteiger partial charge in [-0.15, -0.1) is 0 Å². The highest BCUT2D eigenvalue weighted by molar-refractivity contribution is 5.94. The molecule has 1 heterocycles. The van der Waals surface area contributed by atoms with Gasteiger partial charge >= 0.3 is 0 Å². The number of rotatable bonds is 7. The number of carbonyl (C=O) groups is 2. The lowest BCUT2D eigenvalue weighted by atomic mass is 9.83. The number of likely N-dealkylation sites (N-methyl/N-ethyl adjacent to an activating group) is 1. The summed E-state index contributed by atoms with van der Waals surface area (Å²) >= 11 is 0. The summed E-state index contributed by atoms with van der Waals surface area (Å²) < 4.78 is 5.12. The first-order valence-corrected chi connectivity index (χ1v) is 10.6. The number of furan rings is 1. The zero-order valence-corrected chi connectivity index (χ0v) is 17.7. The molecule has 1 saturated carbocycles. The molecule has 2 amide bonds. The first-order chi connectivity index (χ1) is 14.0. The van der Waals surface area contributed by atoms with E-state index in [1.165, 1.54) is 48.8 Å². The van der Waals surface area contributed by atoms with Crippen LogP contribution < -0.4 is 5.32 Å². The lowest BCUT2D eigenvalue weighted by molar-refractivity contribution is -0.122. The Morgan fingerprint density at radius 1 is 1.10 bits per heavy atom. The number of carbonyl (C=O) groups excluding carboxylic acids is 2. The zero-order valence-electron chi connectivity index (χ0n) is 17.7. The van der Waals surface area contributed by atoms with Crippen LogP contribution in [-0.4, -0.2) is 30.3 Å². The van der Waals surface area contributed by atoms with Crippen molar-refractivity contribution in [3.05, 3.63) is 59.5 Å². The van der Waals surface area contributed by atoms with Gasteiger partial charge in [-0.3, -0.25) is 9.59 Å². The van der Waals surface area contributed by atoms with Gasteiger partial charge in [-0.2, -0.15) is 0 Å². The third kappa shape index (κ3) is 5.49. The summed E-state index contributed by atoms with van der Waals surface area (Å²) in [6, 6.07) is 11.9. The quantitative estimate of drug-likeness (QED) is 0.723. The minimum absolute atomic E-state index is 0.0110. The molecule has 1 unspecified atom stereocenters. The van der Waals surface area contributed by atoms with E-state index in [2.05, 4.69) is 43.4 Å². The molecule has 1 aromatic carbocycles. The lowest BCUT2D eigenvalue weighted by Gasteiger charge is -2.26. The molecule has 1 N–H and O–H groups in total. The Hall–Kier alpha value is -2.56. The molecule has 156 valence electrons. The van der Waals surface area contributed by atoms with Crippen molar-refractivity contribution < 1.29 is 14.0 Å². The van der Waals surface area contributed by atoms with Gasteiger partial charge in [0.25, 0.3) is 5.91 Å². The van der Waals surface area contributed by atoms with Gasteiger partial charge in [0, 0.05) is 7.05 Å². The minimum Gasteiger partial charge on any atom is -0.459 e. The summed E-state index contributed by atoms with van der Waals surface area (Å²) in [4.78, 5) is 26.2. The molecule has 1 atom stereocenters. The van der Waals surface area contributed by atoms with Gasteiger partial charge in [0.1, 0.15) is 0 Å². The number of benzene rings is 1. The summed E-state index contributed by atoms with van der Waals surface area (Å²) in [5, 5.41) is 3.10. The smallest absolute Gasteiger partial charge is 0.289 e. The predicted molar refractivity (Wildman–Crippen MR) is 114 cm³/mol. The number of amides is 2. The van der Waals surface area contributed by atoms with Gasteiger partial charge in [0.05, 0.1) is 18.8 Å². The Morgan fingerprint density at radius 3 is 2.38 bits per heavy atom. The van der Waals surface area contributed by atoms with Crippen LogP contribution in [-0.2, 0) is 4.79 Å². The van der Waals surface area contributed by atoms with Gasteiger partial charge in [-0.25, -0.2) is 0 Å². The fraction of sp³-hybridized carbons (Fsp3) is 0.500. The van der Waals surface area contributed by atoms with Gasteiger partial charge in [0.2, 0.25) is 5.91 Å². The minimum atomic E-state index is -0.303. The van der Waals surface area contributed by atoms with Crippen LogP contribution in [0.15, 0.2) is 47.1 Å². The average Bonchev–Trinajstić information content (AvgIpc) is 3.27. The van der Waals surface area contributed by atoms with Gasteiger partial charge in [-0.05, 0) is 47.9 Å². The van der Waals surface area contributed by atoms with E-state index in [1.54, 1.807) is 19.2 Å². The Labute approximate surface area is 173 Å². The van der Waals surface area contributed by atoms with E-state index >= 15 is 0 Å². The molecule has 0 spiro atoms. The van der Waals surface area contributed by atoms with E-state index in [9.17, 15) is 9.59 Å². The van der Waals surface area contributed by atoms with Crippen LogP contribution >= 0.6 is 0 Å². The SMILES string of the molecule is CC(C)C(NC(=O)CN(C)C(=O)c1ccco1)c1ccc(C2CCCCC2)cc1. The standard InChI is InChI=1S/C24H32N2O3/c1-17(2)23(20-13-11-19(12-14-20)18-8-5-4-6-9-18)25-22(27)16-26(3)24(28)21-10-7-15-29-21/h7,10-15,17-18,23H,4-6,8-9,16H2,1-3H3,(H,25,27). The third-order valence-corrected chi connectivity index (χ3v) is 5.81. The van der Waals surface area contributed by atoms with Crippen LogP contribution in [0.4, 0.5) is 0 Å². The van der Waals surface area contributed by atoms with Crippen molar-refractivity contribution in [1.82, 2.24) is 10.2 Å². The summed E-state index contributed by atoms with van der Waals surface area (Å²) in [5.74, 6) is 0.668. The van der Waals surface area contributed by atoms with Crippen LogP contribution in [0, 0.1) is 5.92 Å². The normalized spacial score (nSPS) is 15.9. The highest BCUT2D eigenvalue weighted by Crippen LogP contribution is 2.33. The summed E-state index contributed by atoms with van der Waals surface area (Å²) in [5.41, 5.74) is 2.51. The molecule has 3 rings (SSSR count). The van der Waals surface area contributed by atoms with Gasteiger partial charge in [0.15, 0.2) is 5.76 Å². The monoisotopic (exact) mass is 396 g/mol. The molecular weight excluding hydrogens is 364 g/mol. The fourth-order valence-corrected chi connectivity index (χ4v) is 4.14. The summed E-state index contributed by atoms with van der Waals surface area (Å²) in [6.45, 7) is 4.18. The van der Waals surface area contributed by atoms with Crippen molar-refractivity contribution in [2.45, 2.75) is 57.9 Å². The van der Waals surface area contributed by atoms with E-state index in [-0.39, 0.29) is 36.1 Å². The number of nitrogens with zero attached hydrogens (tertiary/aromatic N) is 1. The second-order valence-corrected chi connectivity index (χ2v) is 8.43. The number of nitrogens with one attached hydrogen (secondary N) is 1. The highest BCUT2D eigenvalue weighted by Gasteiger charge is 2.22. The predicted octanol–water partition coefficient (Wildman–Crippen LogP) is 4.91. The molecule has 1 fully saturated rings. The van der Waals surface area contributed by atoms with E-state index in [0.29, 0.717) is 5.92 Å². The molecule has 0 bridgehead atoms. The molecule has 1 aliphatic carbocycles. The van der Waals surface area contributed by atoms with E-state index in [4.69, 9.17) is 4.42 Å². The van der Waals surface area contributed by atoms with Crippen molar-refractivity contribution in [2.24, 2.45) is 5.92 Å². The molecule has 5 nitrogen and oxygen atoms in total. The van der Waals surface area contributed by atoms with Crippen molar-refractivity contribution >= 4 is 11.8 Å². The van der Waals surface area contributed by atoms with Crippen molar-refractivity contribution in [2.75, 3.05) is 13.6 Å². The molecule has 5 heteroatoms. The Balaban J connectivity index is 1.61. The van der Waals surface area contributed by atoms with Crippen LogP contribution in [0.5, 0.6) is 0 Å². The highest BCUT2D eigenvalue weighted by atomic mass is 16.3. The van der Waals surface area contributed by atoms with Crippen molar-refractivity contribution in [3.8, 4) is 0 Å².